The number of anilines is 1. The number of carbonyl (C=O) groups excluding carboxylic acids is 1. The molecule has 1 amide bonds. The molecule has 0 bridgehead atoms. The Labute approximate surface area is 158 Å². The highest BCUT2D eigenvalue weighted by atomic mass is 16.5. The van der Waals surface area contributed by atoms with Gasteiger partial charge in [0.1, 0.15) is 5.75 Å². The first-order chi connectivity index (χ1) is 13.1. The Kier molecular flexibility index (Phi) is 5.66. The lowest BCUT2D eigenvalue weighted by Gasteiger charge is -2.16. The number of hydrogen-bond acceptors (Lipinski definition) is 4. The van der Waals surface area contributed by atoms with Crippen molar-refractivity contribution in [3.05, 3.63) is 54.1 Å². The fraction of sp³-hybridized carbons (Fsp3) is 0.190. The summed E-state index contributed by atoms with van der Waals surface area (Å²) in [6.45, 7) is 4.66. The van der Waals surface area contributed by atoms with Crippen molar-refractivity contribution in [2.45, 2.75) is 20.3 Å². The predicted octanol–water partition coefficient (Wildman–Crippen LogP) is 4.09. The first kappa shape index (κ1) is 18.4. The number of amides is 1. The summed E-state index contributed by atoms with van der Waals surface area (Å²) in [7, 11) is 0. The molecule has 0 atom stereocenters. The molecule has 0 fully saturated rings. The predicted molar refractivity (Wildman–Crippen MR) is 108 cm³/mol. The van der Waals surface area contributed by atoms with Crippen LogP contribution < -0.4 is 15.4 Å². The number of guanidine groups is 1. The Morgan fingerprint density at radius 2 is 2.04 bits per heavy atom. The van der Waals surface area contributed by atoms with Crippen LogP contribution in [0, 0.1) is 12.3 Å². The van der Waals surface area contributed by atoms with E-state index in [0.717, 1.165) is 34.1 Å². The highest BCUT2D eigenvalue weighted by Crippen LogP contribution is 2.35. The Balaban J connectivity index is 2.19. The molecule has 138 valence electrons. The van der Waals surface area contributed by atoms with Crippen molar-refractivity contribution >= 4 is 29.0 Å². The van der Waals surface area contributed by atoms with Crippen molar-refractivity contribution in [3.63, 3.8) is 0 Å². The molecule has 0 radical (unpaired) electrons. The molecule has 0 spiro atoms. The third-order valence-electron chi connectivity index (χ3n) is 4.14. The normalized spacial score (nSPS) is 10.4. The SMILES string of the molecule is CCCOc1cccc2nc(-c3ccccc3C)cc(NC(=N)NC=O)c12. The van der Waals surface area contributed by atoms with Crippen LogP contribution >= 0.6 is 0 Å². The molecule has 3 aromatic rings. The second kappa shape index (κ2) is 8.31. The van der Waals surface area contributed by atoms with Gasteiger partial charge in [0.25, 0.3) is 0 Å². The van der Waals surface area contributed by atoms with Crippen LogP contribution in [0.25, 0.3) is 22.2 Å². The lowest BCUT2D eigenvalue weighted by molar-refractivity contribution is -0.108. The van der Waals surface area contributed by atoms with E-state index in [1.807, 2.05) is 62.4 Å². The van der Waals surface area contributed by atoms with Gasteiger partial charge >= 0.3 is 0 Å². The molecule has 1 heterocycles. The van der Waals surface area contributed by atoms with Crippen LogP contribution in [0.4, 0.5) is 5.69 Å². The van der Waals surface area contributed by atoms with Crippen LogP contribution in [-0.2, 0) is 4.79 Å². The maximum absolute atomic E-state index is 10.7. The smallest absolute Gasteiger partial charge is 0.213 e. The molecular weight excluding hydrogens is 340 g/mol. The number of nitrogens with one attached hydrogen (secondary N) is 3. The Morgan fingerprint density at radius 1 is 1.22 bits per heavy atom. The van der Waals surface area contributed by atoms with Crippen molar-refractivity contribution < 1.29 is 9.53 Å². The minimum absolute atomic E-state index is 0.112. The van der Waals surface area contributed by atoms with Crippen LogP contribution in [0.2, 0.25) is 0 Å². The van der Waals surface area contributed by atoms with Gasteiger partial charge in [-0.25, -0.2) is 4.98 Å². The second-order valence-electron chi connectivity index (χ2n) is 6.13. The number of aromatic nitrogens is 1. The highest BCUT2D eigenvalue weighted by Gasteiger charge is 2.14. The van der Waals surface area contributed by atoms with E-state index in [0.29, 0.717) is 24.5 Å². The first-order valence-electron chi connectivity index (χ1n) is 8.82. The zero-order valence-electron chi connectivity index (χ0n) is 15.4. The number of rotatable bonds is 6. The molecule has 0 saturated carbocycles. The number of aryl methyl sites for hydroxylation is 1. The number of benzene rings is 2. The molecule has 3 rings (SSSR count). The zero-order valence-corrected chi connectivity index (χ0v) is 15.4. The molecule has 0 unspecified atom stereocenters. The van der Waals surface area contributed by atoms with Crippen LogP contribution in [0.1, 0.15) is 18.9 Å². The molecule has 0 aliphatic carbocycles. The molecule has 27 heavy (non-hydrogen) atoms. The fourth-order valence-electron chi connectivity index (χ4n) is 2.91. The van der Waals surface area contributed by atoms with Crippen LogP contribution in [-0.4, -0.2) is 24.0 Å². The molecule has 0 aliphatic rings. The largest absolute Gasteiger partial charge is 0.493 e. The van der Waals surface area contributed by atoms with E-state index in [2.05, 4.69) is 10.6 Å². The molecule has 6 heteroatoms. The van der Waals surface area contributed by atoms with Gasteiger partial charge in [0.05, 0.1) is 28.9 Å². The summed E-state index contributed by atoms with van der Waals surface area (Å²) in [6, 6.07) is 15.6. The minimum Gasteiger partial charge on any atom is -0.493 e. The maximum atomic E-state index is 10.7. The van der Waals surface area contributed by atoms with Gasteiger partial charge in [-0.3, -0.25) is 15.5 Å². The average Bonchev–Trinajstić information content (AvgIpc) is 2.66. The summed E-state index contributed by atoms with van der Waals surface area (Å²) in [5.41, 5.74) is 4.32. The van der Waals surface area contributed by atoms with Crippen molar-refractivity contribution in [3.8, 4) is 17.0 Å². The van der Waals surface area contributed by atoms with Gasteiger partial charge in [0.2, 0.25) is 6.41 Å². The van der Waals surface area contributed by atoms with Gasteiger partial charge in [-0.15, -0.1) is 0 Å². The van der Waals surface area contributed by atoms with E-state index in [9.17, 15) is 4.79 Å². The van der Waals surface area contributed by atoms with Crippen molar-refractivity contribution in [2.75, 3.05) is 11.9 Å². The molecule has 3 N–H and O–H groups in total. The fourth-order valence-corrected chi connectivity index (χ4v) is 2.91. The summed E-state index contributed by atoms with van der Waals surface area (Å²) in [5.74, 6) is 0.582. The monoisotopic (exact) mass is 362 g/mol. The summed E-state index contributed by atoms with van der Waals surface area (Å²) < 4.78 is 5.88. The highest BCUT2D eigenvalue weighted by molar-refractivity contribution is 6.06. The van der Waals surface area contributed by atoms with Gasteiger partial charge in [-0.05, 0) is 37.1 Å². The van der Waals surface area contributed by atoms with Crippen LogP contribution in [0.15, 0.2) is 48.5 Å². The molecule has 6 nitrogen and oxygen atoms in total. The molecule has 0 saturated heterocycles. The third kappa shape index (κ3) is 4.06. The van der Waals surface area contributed by atoms with Crippen LogP contribution in [0.3, 0.4) is 0 Å². The zero-order chi connectivity index (χ0) is 19.2. The Bertz CT molecular complexity index is 985. The average molecular weight is 362 g/mol. The number of pyridine rings is 1. The topological polar surface area (TPSA) is 87.1 Å². The molecule has 0 aliphatic heterocycles. The third-order valence-corrected chi connectivity index (χ3v) is 4.14. The van der Waals surface area contributed by atoms with E-state index >= 15 is 0 Å². The van der Waals surface area contributed by atoms with E-state index in [-0.39, 0.29) is 5.96 Å². The number of nitrogens with zero attached hydrogens (tertiary/aromatic N) is 1. The second-order valence-corrected chi connectivity index (χ2v) is 6.13. The van der Waals surface area contributed by atoms with Gasteiger partial charge in [0, 0.05) is 5.56 Å². The number of carbonyl (C=O) groups is 1. The van der Waals surface area contributed by atoms with Crippen molar-refractivity contribution in [1.29, 1.82) is 5.41 Å². The first-order valence-corrected chi connectivity index (χ1v) is 8.82. The summed E-state index contributed by atoms with van der Waals surface area (Å²) in [6.07, 6.45) is 1.35. The van der Waals surface area contributed by atoms with Gasteiger partial charge < -0.3 is 10.1 Å². The Hall–Kier alpha value is -3.41. The van der Waals surface area contributed by atoms with Gasteiger partial charge in [-0.2, -0.15) is 0 Å². The lowest BCUT2D eigenvalue weighted by Crippen LogP contribution is -2.28. The maximum Gasteiger partial charge on any atom is 0.213 e. The number of hydrogen-bond donors (Lipinski definition) is 3. The summed E-state index contributed by atoms with van der Waals surface area (Å²) in [4.78, 5) is 15.5. The summed E-state index contributed by atoms with van der Waals surface area (Å²) in [5, 5.41) is 14.0. The van der Waals surface area contributed by atoms with E-state index in [1.54, 1.807) is 0 Å². The van der Waals surface area contributed by atoms with Crippen molar-refractivity contribution in [1.82, 2.24) is 10.3 Å². The minimum atomic E-state index is -0.112. The number of fused-ring (bicyclic) bond motifs is 1. The van der Waals surface area contributed by atoms with E-state index in [1.165, 1.54) is 0 Å². The standard InChI is InChI=1S/C21H22N4O2/c1-3-11-27-19-10-6-9-16-20(19)18(25-21(22)23-13-26)12-17(24-16)15-8-5-4-7-14(15)2/h4-10,12-13H,3,11H2,1-2H3,(H3,22,23,24,25,26). The molecule has 2 aromatic carbocycles. The quantitative estimate of drug-likeness (QED) is 0.350. The van der Waals surface area contributed by atoms with E-state index in [4.69, 9.17) is 15.1 Å². The lowest BCUT2D eigenvalue weighted by atomic mass is 10.0. The van der Waals surface area contributed by atoms with Gasteiger partial charge in [0.15, 0.2) is 5.96 Å². The summed E-state index contributed by atoms with van der Waals surface area (Å²) >= 11 is 0. The van der Waals surface area contributed by atoms with E-state index < -0.39 is 0 Å². The van der Waals surface area contributed by atoms with Crippen LogP contribution in [0.5, 0.6) is 5.75 Å². The van der Waals surface area contributed by atoms with Gasteiger partial charge in [-0.1, -0.05) is 37.3 Å². The van der Waals surface area contributed by atoms with Crippen molar-refractivity contribution in [2.24, 2.45) is 0 Å². The molecule has 1 aromatic heterocycles. The Morgan fingerprint density at radius 3 is 2.78 bits per heavy atom. The number of ether oxygens (including phenoxy) is 1. The molecular formula is C21H22N4O2.